The Morgan fingerprint density at radius 2 is 1.77 bits per heavy atom. The first kappa shape index (κ1) is 24.7. The fraction of sp³-hybridized carbons (Fsp3) is 0.222. The molecule has 0 saturated carbocycles. The number of methoxy groups -OCH3 is 2. The topological polar surface area (TPSA) is 115 Å². The summed E-state index contributed by atoms with van der Waals surface area (Å²) in [6.45, 7) is 0. The van der Waals surface area contributed by atoms with Crippen molar-refractivity contribution in [2.24, 2.45) is 0 Å². The third-order valence-corrected chi connectivity index (χ3v) is 4.71. The number of benzene rings is 2. The number of thiocarbonyl (C=S) groups is 1. The van der Waals surface area contributed by atoms with Crippen molar-refractivity contribution in [1.82, 2.24) is 10.6 Å². The molecule has 0 spiro atoms. The number of carbonyl (C=O) groups excluding carboxylic acids is 1. The van der Waals surface area contributed by atoms with Crippen molar-refractivity contribution in [2.45, 2.75) is 9.96 Å². The van der Waals surface area contributed by atoms with Crippen LogP contribution in [0.2, 0.25) is 0 Å². The number of non-ortho nitro benzene ring substituents is 1. The lowest BCUT2D eigenvalue weighted by atomic mass is 10.2. The molecular formula is C18H17Cl3N4O5S. The van der Waals surface area contributed by atoms with Gasteiger partial charge >= 0.3 is 0 Å². The fourth-order valence-corrected chi connectivity index (χ4v) is 2.95. The summed E-state index contributed by atoms with van der Waals surface area (Å²) in [5.41, 5.74) is 0.421. The molecule has 0 unspecified atom stereocenters. The summed E-state index contributed by atoms with van der Waals surface area (Å²) in [4.78, 5) is 23.0. The Labute approximate surface area is 198 Å². The molecule has 2 rings (SSSR count). The quantitative estimate of drug-likeness (QED) is 0.169. The van der Waals surface area contributed by atoms with Crippen LogP contribution in [0.1, 0.15) is 10.4 Å². The Balaban J connectivity index is 2.13. The minimum atomic E-state index is -1.99. The van der Waals surface area contributed by atoms with E-state index in [1.165, 1.54) is 44.6 Å². The monoisotopic (exact) mass is 506 g/mol. The summed E-state index contributed by atoms with van der Waals surface area (Å²) >= 11 is 23.1. The molecule has 0 aromatic heterocycles. The third kappa shape index (κ3) is 7.00. The molecule has 2 aromatic carbocycles. The Hall–Kier alpha value is -2.53. The maximum Gasteiger partial charge on any atom is 0.271 e. The first-order valence-electron chi connectivity index (χ1n) is 8.46. The van der Waals surface area contributed by atoms with Crippen LogP contribution in [0.3, 0.4) is 0 Å². The number of alkyl halides is 3. The van der Waals surface area contributed by atoms with Crippen LogP contribution in [0, 0.1) is 10.1 Å². The number of amides is 1. The summed E-state index contributed by atoms with van der Waals surface area (Å²) in [6.07, 6.45) is -1.24. The molecule has 0 radical (unpaired) electrons. The van der Waals surface area contributed by atoms with E-state index in [9.17, 15) is 14.9 Å². The van der Waals surface area contributed by atoms with E-state index in [1.807, 2.05) is 0 Å². The van der Waals surface area contributed by atoms with Crippen molar-refractivity contribution in [2.75, 3.05) is 19.5 Å². The largest absolute Gasteiger partial charge is 0.493 e. The first-order valence-corrected chi connectivity index (χ1v) is 10.0. The highest BCUT2D eigenvalue weighted by atomic mass is 35.6. The molecular weight excluding hydrogens is 491 g/mol. The Kier molecular flexibility index (Phi) is 8.52. The molecule has 166 valence electrons. The molecule has 1 atom stereocenters. The van der Waals surface area contributed by atoms with Crippen molar-refractivity contribution in [3.8, 4) is 11.5 Å². The van der Waals surface area contributed by atoms with E-state index in [1.54, 1.807) is 12.1 Å². The predicted molar refractivity (Wildman–Crippen MR) is 124 cm³/mol. The summed E-state index contributed by atoms with van der Waals surface area (Å²) in [5.74, 6) is 0.205. The highest BCUT2D eigenvalue weighted by molar-refractivity contribution is 7.80. The van der Waals surface area contributed by atoms with Gasteiger partial charge in [0.05, 0.1) is 19.1 Å². The zero-order valence-corrected chi connectivity index (χ0v) is 19.2. The van der Waals surface area contributed by atoms with Gasteiger partial charge in [-0.25, -0.2) is 0 Å². The van der Waals surface area contributed by atoms with Crippen LogP contribution >= 0.6 is 47.0 Å². The third-order valence-electron chi connectivity index (χ3n) is 3.84. The van der Waals surface area contributed by atoms with Crippen molar-refractivity contribution >= 4 is 69.4 Å². The van der Waals surface area contributed by atoms with E-state index < -0.39 is 20.8 Å². The number of anilines is 1. The van der Waals surface area contributed by atoms with Crippen LogP contribution in [0.25, 0.3) is 0 Å². The Morgan fingerprint density at radius 1 is 1.10 bits per heavy atom. The van der Waals surface area contributed by atoms with Gasteiger partial charge in [0.15, 0.2) is 16.6 Å². The molecule has 31 heavy (non-hydrogen) atoms. The van der Waals surface area contributed by atoms with Gasteiger partial charge in [0.2, 0.25) is 3.79 Å². The van der Waals surface area contributed by atoms with Crippen LogP contribution < -0.4 is 25.4 Å². The number of rotatable bonds is 7. The van der Waals surface area contributed by atoms with Gasteiger partial charge in [-0.15, -0.1) is 0 Å². The highest BCUT2D eigenvalue weighted by Gasteiger charge is 2.35. The predicted octanol–water partition coefficient (Wildman–Crippen LogP) is 4.02. The van der Waals surface area contributed by atoms with E-state index in [4.69, 9.17) is 56.5 Å². The van der Waals surface area contributed by atoms with E-state index in [0.29, 0.717) is 17.2 Å². The number of nitrogens with zero attached hydrogens (tertiary/aromatic N) is 1. The summed E-state index contributed by atoms with van der Waals surface area (Å²) < 4.78 is 8.33. The summed E-state index contributed by atoms with van der Waals surface area (Å²) in [7, 11) is 2.90. The minimum Gasteiger partial charge on any atom is -0.493 e. The smallest absolute Gasteiger partial charge is 0.271 e. The number of carbonyl (C=O) groups is 1. The van der Waals surface area contributed by atoms with Crippen LogP contribution in [-0.4, -0.2) is 40.1 Å². The molecule has 3 N–H and O–H groups in total. The zero-order chi connectivity index (χ0) is 23.2. The molecule has 0 saturated heterocycles. The first-order chi connectivity index (χ1) is 14.5. The molecule has 9 nitrogen and oxygen atoms in total. The van der Waals surface area contributed by atoms with Gasteiger partial charge in [0.25, 0.3) is 11.6 Å². The van der Waals surface area contributed by atoms with E-state index >= 15 is 0 Å². The second kappa shape index (κ2) is 10.7. The lowest BCUT2D eigenvalue weighted by Gasteiger charge is -2.28. The van der Waals surface area contributed by atoms with Crippen molar-refractivity contribution in [3.63, 3.8) is 0 Å². The second-order valence-corrected chi connectivity index (χ2v) is 8.70. The normalized spacial score (nSPS) is 11.8. The van der Waals surface area contributed by atoms with E-state index in [-0.39, 0.29) is 16.4 Å². The number of hydrogen-bond acceptors (Lipinski definition) is 6. The minimum absolute atomic E-state index is 0.0376. The van der Waals surface area contributed by atoms with Gasteiger partial charge in [-0.2, -0.15) is 0 Å². The number of ether oxygens (including phenoxy) is 2. The SMILES string of the molecule is COc1ccc(C(=O)N[C@H](NC(=S)Nc2cccc([N+](=O)[O-])c2)C(Cl)(Cl)Cl)cc1OC. The van der Waals surface area contributed by atoms with Crippen molar-refractivity contribution < 1.29 is 19.2 Å². The lowest BCUT2D eigenvalue weighted by molar-refractivity contribution is -0.384. The van der Waals surface area contributed by atoms with Crippen LogP contribution in [0.15, 0.2) is 42.5 Å². The number of halogens is 3. The van der Waals surface area contributed by atoms with Gasteiger partial charge in [-0.3, -0.25) is 14.9 Å². The van der Waals surface area contributed by atoms with Gasteiger partial charge in [-0.05, 0) is 36.5 Å². The molecule has 0 bridgehead atoms. The maximum atomic E-state index is 12.7. The van der Waals surface area contributed by atoms with Gasteiger partial charge in [0, 0.05) is 23.4 Å². The highest BCUT2D eigenvalue weighted by Crippen LogP contribution is 2.30. The second-order valence-electron chi connectivity index (χ2n) is 5.92. The summed E-state index contributed by atoms with van der Waals surface area (Å²) in [5, 5.41) is 18.8. The molecule has 0 aliphatic carbocycles. The standard InChI is InChI=1S/C18H17Cl3N4O5S/c1-29-13-7-6-10(8-14(13)30-2)15(26)23-16(18(19,20)21)24-17(31)22-11-4-3-5-12(9-11)25(27)28/h3-9,16H,1-2H3,(H,23,26)(H2,22,24,31)/t16-/m1/s1. The van der Waals surface area contributed by atoms with Gasteiger partial charge < -0.3 is 25.4 Å². The van der Waals surface area contributed by atoms with Crippen molar-refractivity contribution in [1.29, 1.82) is 0 Å². The molecule has 0 fully saturated rings. The van der Waals surface area contributed by atoms with Crippen LogP contribution in [-0.2, 0) is 0 Å². The average Bonchev–Trinajstić information content (AvgIpc) is 2.72. The van der Waals surface area contributed by atoms with E-state index in [2.05, 4.69) is 16.0 Å². The van der Waals surface area contributed by atoms with Gasteiger partial charge in [-0.1, -0.05) is 40.9 Å². The van der Waals surface area contributed by atoms with Gasteiger partial charge in [0.1, 0.15) is 6.17 Å². The number of nitro groups is 1. The molecule has 13 heteroatoms. The lowest BCUT2D eigenvalue weighted by Crippen LogP contribution is -2.56. The Morgan fingerprint density at radius 3 is 2.35 bits per heavy atom. The van der Waals surface area contributed by atoms with Crippen LogP contribution in [0.5, 0.6) is 11.5 Å². The molecule has 0 aliphatic rings. The number of hydrogen-bond donors (Lipinski definition) is 3. The Bertz CT molecular complexity index is 987. The average molecular weight is 508 g/mol. The van der Waals surface area contributed by atoms with E-state index in [0.717, 1.165) is 0 Å². The van der Waals surface area contributed by atoms with Crippen LogP contribution in [0.4, 0.5) is 11.4 Å². The zero-order valence-electron chi connectivity index (χ0n) is 16.1. The van der Waals surface area contributed by atoms with Crippen molar-refractivity contribution in [3.05, 3.63) is 58.1 Å². The number of nitrogens with one attached hydrogen (secondary N) is 3. The molecule has 0 aliphatic heterocycles. The molecule has 1 amide bonds. The molecule has 0 heterocycles. The molecule has 2 aromatic rings. The number of nitro benzene ring substituents is 1. The fourth-order valence-electron chi connectivity index (χ4n) is 2.39. The summed E-state index contributed by atoms with van der Waals surface area (Å²) in [6, 6.07) is 10.2. The maximum absolute atomic E-state index is 12.7.